The van der Waals surface area contributed by atoms with Gasteiger partial charge in [-0.3, -0.25) is 23.9 Å². The minimum absolute atomic E-state index is 0.0535. The van der Waals surface area contributed by atoms with Crippen molar-refractivity contribution in [2.24, 2.45) is 0 Å². The zero-order valence-corrected chi connectivity index (χ0v) is 22.9. The smallest absolute Gasteiger partial charge is 0.271 e. The summed E-state index contributed by atoms with van der Waals surface area (Å²) in [6, 6.07) is 14.9. The molecule has 0 spiro atoms. The number of hydrogen-bond acceptors (Lipinski definition) is 7. The topological polar surface area (TPSA) is 103 Å². The number of carbonyl (C=O) groups excluding carboxylic acids is 2. The van der Waals surface area contributed by atoms with Crippen molar-refractivity contribution in [3.05, 3.63) is 103 Å². The molecule has 3 aromatic rings. The van der Waals surface area contributed by atoms with Crippen LogP contribution in [-0.2, 0) is 11.3 Å². The quantitative estimate of drug-likeness (QED) is 0.232. The maximum Gasteiger partial charge on any atom is 0.271 e. The molecule has 0 radical (unpaired) electrons. The van der Waals surface area contributed by atoms with Crippen molar-refractivity contribution in [3.63, 3.8) is 0 Å². The lowest BCUT2D eigenvalue weighted by Crippen LogP contribution is -2.30. The number of benzene rings is 2. The summed E-state index contributed by atoms with van der Waals surface area (Å²) in [6.07, 6.45) is 1.97. The second-order valence-electron chi connectivity index (χ2n) is 9.10. The van der Waals surface area contributed by atoms with Gasteiger partial charge in [-0.25, -0.2) is 4.39 Å². The predicted molar refractivity (Wildman–Crippen MR) is 152 cm³/mol. The lowest BCUT2D eigenvalue weighted by molar-refractivity contribution is -0.122. The molecule has 1 amide bonds. The van der Waals surface area contributed by atoms with Crippen molar-refractivity contribution in [3.8, 4) is 11.9 Å². The molecule has 198 valence electrons. The van der Waals surface area contributed by atoms with E-state index in [1.54, 1.807) is 6.08 Å². The minimum atomic E-state index is -0.744. The van der Waals surface area contributed by atoms with E-state index < -0.39 is 23.0 Å². The number of ketones is 1. The number of aromatic hydroxyl groups is 1. The number of Topliss-reactive ketones (excluding diaryl/α,β-unsaturated/α-hetero) is 1. The molecule has 1 aliphatic rings. The van der Waals surface area contributed by atoms with Gasteiger partial charge < -0.3 is 5.11 Å². The van der Waals surface area contributed by atoms with E-state index in [0.717, 1.165) is 15.7 Å². The van der Waals surface area contributed by atoms with E-state index >= 15 is 0 Å². The van der Waals surface area contributed by atoms with Crippen LogP contribution < -0.4 is 5.56 Å². The Bertz CT molecular complexity index is 1600. The summed E-state index contributed by atoms with van der Waals surface area (Å²) in [5.74, 6) is -1.73. The number of thiocarbonyl (C=S) groups is 1. The van der Waals surface area contributed by atoms with Crippen LogP contribution in [0.25, 0.3) is 6.08 Å². The van der Waals surface area contributed by atoms with Crippen LogP contribution in [-0.4, -0.2) is 37.1 Å². The lowest BCUT2D eigenvalue weighted by atomic mass is 9.99. The van der Waals surface area contributed by atoms with Crippen LogP contribution >= 0.6 is 24.0 Å². The van der Waals surface area contributed by atoms with Crippen molar-refractivity contribution in [1.82, 2.24) is 9.47 Å². The summed E-state index contributed by atoms with van der Waals surface area (Å²) >= 11 is 6.58. The molecule has 0 bridgehead atoms. The van der Waals surface area contributed by atoms with Crippen molar-refractivity contribution in [2.45, 2.75) is 33.2 Å². The number of amides is 1. The fourth-order valence-corrected chi connectivity index (χ4v) is 5.54. The monoisotopic (exact) mass is 561 g/mol. The number of aryl methyl sites for hydroxylation is 1. The first-order valence-corrected chi connectivity index (χ1v) is 13.3. The van der Waals surface area contributed by atoms with E-state index in [1.165, 1.54) is 47.9 Å². The van der Waals surface area contributed by atoms with E-state index in [-0.39, 0.29) is 48.5 Å². The number of rotatable bonds is 8. The summed E-state index contributed by atoms with van der Waals surface area (Å²) in [6.45, 7) is 3.46. The van der Waals surface area contributed by atoms with E-state index in [4.69, 9.17) is 12.2 Å². The third-order valence-corrected chi connectivity index (χ3v) is 7.74. The Morgan fingerprint density at radius 3 is 2.44 bits per heavy atom. The summed E-state index contributed by atoms with van der Waals surface area (Å²) in [5.41, 5.74) is 1.46. The Balaban J connectivity index is 1.50. The normalized spacial score (nSPS) is 14.2. The summed E-state index contributed by atoms with van der Waals surface area (Å²) in [5, 5.41) is 20.5. The molecule has 7 nitrogen and oxygen atoms in total. The zero-order valence-electron chi connectivity index (χ0n) is 21.2. The number of nitriles is 1. The molecule has 0 atom stereocenters. The maximum atomic E-state index is 13.3. The molecule has 1 aliphatic heterocycles. The molecule has 4 rings (SSSR count). The van der Waals surface area contributed by atoms with E-state index in [0.29, 0.717) is 14.8 Å². The third kappa shape index (κ3) is 6.00. The highest BCUT2D eigenvalue weighted by atomic mass is 32.2. The molecule has 0 saturated carbocycles. The first-order chi connectivity index (χ1) is 18.6. The summed E-state index contributed by atoms with van der Waals surface area (Å²) < 4.78 is 14.6. The van der Waals surface area contributed by atoms with Crippen LogP contribution in [0.2, 0.25) is 0 Å². The first kappa shape index (κ1) is 28.0. The molecule has 1 fully saturated rings. The van der Waals surface area contributed by atoms with Gasteiger partial charge in [0.05, 0.1) is 17.0 Å². The fourth-order valence-electron chi connectivity index (χ4n) is 4.23. The van der Waals surface area contributed by atoms with Crippen molar-refractivity contribution >= 4 is 46.1 Å². The van der Waals surface area contributed by atoms with Gasteiger partial charge in [0.2, 0.25) is 5.88 Å². The Hall–Kier alpha value is -4.07. The minimum Gasteiger partial charge on any atom is -0.494 e. The average molecular weight is 562 g/mol. The van der Waals surface area contributed by atoms with Crippen molar-refractivity contribution in [2.75, 3.05) is 6.54 Å². The Labute approximate surface area is 234 Å². The van der Waals surface area contributed by atoms with Crippen LogP contribution in [0.1, 0.15) is 51.0 Å². The van der Waals surface area contributed by atoms with Gasteiger partial charge in [-0.15, -0.1) is 0 Å². The summed E-state index contributed by atoms with van der Waals surface area (Å²) in [4.78, 5) is 40.9. The number of hydrogen-bond donors (Lipinski definition) is 1. The number of aromatic nitrogens is 1. The molecular weight excluding hydrogens is 537 g/mol. The summed E-state index contributed by atoms with van der Waals surface area (Å²) in [7, 11) is 0. The van der Waals surface area contributed by atoms with Crippen molar-refractivity contribution in [1.29, 1.82) is 5.26 Å². The van der Waals surface area contributed by atoms with Gasteiger partial charge in [-0.2, -0.15) is 5.26 Å². The Kier molecular flexibility index (Phi) is 8.43. The number of pyridine rings is 1. The molecule has 1 aromatic heterocycles. The van der Waals surface area contributed by atoms with Gasteiger partial charge in [0.1, 0.15) is 21.8 Å². The predicted octanol–water partition coefficient (Wildman–Crippen LogP) is 5.09. The first-order valence-electron chi connectivity index (χ1n) is 12.1. The lowest BCUT2D eigenvalue weighted by Gasteiger charge is -2.17. The highest BCUT2D eigenvalue weighted by molar-refractivity contribution is 8.26. The van der Waals surface area contributed by atoms with Gasteiger partial charge in [-0.1, -0.05) is 65.9 Å². The second-order valence-corrected chi connectivity index (χ2v) is 10.8. The van der Waals surface area contributed by atoms with E-state index in [2.05, 4.69) is 0 Å². The van der Waals surface area contributed by atoms with Crippen LogP contribution in [0.15, 0.2) is 58.2 Å². The van der Waals surface area contributed by atoms with Gasteiger partial charge in [-0.05, 0) is 55.2 Å². The van der Waals surface area contributed by atoms with Crippen molar-refractivity contribution < 1.29 is 19.1 Å². The molecule has 0 unspecified atom stereocenters. The van der Waals surface area contributed by atoms with Crippen LogP contribution in [0.3, 0.4) is 0 Å². The highest BCUT2D eigenvalue weighted by Crippen LogP contribution is 2.33. The van der Waals surface area contributed by atoms with Crippen LogP contribution in [0, 0.1) is 31.0 Å². The standard InChI is InChI=1S/C29H24FN3O4S2/c1-17-5-7-19(8-6-17)14-24-27(36)32(29(38)39-24)13-3-4-23(34)25-18(2)22(15-31)26(35)33(28(25)37)16-20-9-11-21(30)12-10-20/h5-12,14,37H,3-4,13,16H2,1-2H3/b24-14-. The molecule has 1 N–H and O–H groups in total. The van der Waals surface area contributed by atoms with E-state index in [9.17, 15) is 29.1 Å². The van der Waals surface area contributed by atoms with Gasteiger partial charge in [0.15, 0.2) is 5.78 Å². The van der Waals surface area contributed by atoms with Crippen LogP contribution in [0.5, 0.6) is 5.88 Å². The number of thioether (sulfide) groups is 1. The third-order valence-electron chi connectivity index (χ3n) is 6.37. The molecule has 2 aromatic carbocycles. The maximum absolute atomic E-state index is 13.3. The average Bonchev–Trinajstić information content (AvgIpc) is 3.16. The molecular formula is C29H24FN3O4S2. The molecule has 1 saturated heterocycles. The number of carbonyl (C=O) groups is 2. The molecule has 0 aliphatic carbocycles. The molecule has 2 heterocycles. The Morgan fingerprint density at radius 1 is 1.13 bits per heavy atom. The second kappa shape index (κ2) is 11.8. The Morgan fingerprint density at radius 2 is 1.79 bits per heavy atom. The SMILES string of the molecule is Cc1ccc(/C=C2\SC(=S)N(CCCC(=O)c3c(C)c(C#N)c(=O)n(Cc4ccc(F)cc4)c3O)C2=O)cc1. The molecule has 10 heteroatoms. The fraction of sp³-hybridized carbons (Fsp3) is 0.207. The molecule has 39 heavy (non-hydrogen) atoms. The van der Waals surface area contributed by atoms with Crippen LogP contribution in [0.4, 0.5) is 4.39 Å². The van der Waals surface area contributed by atoms with Gasteiger partial charge in [0.25, 0.3) is 11.5 Å². The zero-order chi connectivity index (χ0) is 28.3. The van der Waals surface area contributed by atoms with Gasteiger partial charge >= 0.3 is 0 Å². The largest absolute Gasteiger partial charge is 0.494 e. The number of halogens is 1. The van der Waals surface area contributed by atoms with Gasteiger partial charge in [0, 0.05) is 13.0 Å². The highest BCUT2D eigenvalue weighted by Gasteiger charge is 2.32. The number of nitrogens with zero attached hydrogens (tertiary/aromatic N) is 3. The van der Waals surface area contributed by atoms with E-state index in [1.807, 2.05) is 37.3 Å².